The van der Waals surface area contributed by atoms with Crippen LogP contribution in [0.25, 0.3) is 0 Å². The van der Waals surface area contributed by atoms with Crippen LogP contribution in [-0.4, -0.2) is 20.8 Å². The van der Waals surface area contributed by atoms with Crippen molar-refractivity contribution >= 4 is 20.8 Å². The molecule has 0 bridgehead atoms. The molecule has 0 unspecified atom stereocenters. The van der Waals surface area contributed by atoms with Crippen LogP contribution in [-0.2, 0) is 6.42 Å². The van der Waals surface area contributed by atoms with Gasteiger partial charge in [0, 0.05) is 0 Å². The molecule has 0 saturated heterocycles. The molecular weight excluding hydrogens is 179 g/mol. The van der Waals surface area contributed by atoms with Crippen molar-refractivity contribution in [2.75, 3.05) is 0 Å². The van der Waals surface area contributed by atoms with Crippen molar-refractivity contribution in [3.63, 3.8) is 0 Å². The molecule has 1 rings (SSSR count). The first-order valence-electron chi connectivity index (χ1n) is 2.90. The Balaban J connectivity index is 2.86. The van der Waals surface area contributed by atoms with Gasteiger partial charge < -0.3 is 0 Å². The maximum atomic E-state index is 10.2. The number of rotatable bonds is 2. The molecule has 0 aliphatic rings. The average molecular weight is 187 g/mol. The van der Waals surface area contributed by atoms with E-state index in [9.17, 15) is 4.79 Å². The molecule has 0 fully saturated rings. The van der Waals surface area contributed by atoms with Crippen LogP contribution in [0.2, 0.25) is 0 Å². The van der Waals surface area contributed by atoms with E-state index in [4.69, 9.17) is 0 Å². The molecule has 0 aliphatic carbocycles. The van der Waals surface area contributed by atoms with Gasteiger partial charge in [-0.3, -0.25) is 0 Å². The summed E-state index contributed by atoms with van der Waals surface area (Å²) in [7, 11) is 0. The summed E-state index contributed by atoms with van der Waals surface area (Å²) >= 11 is 0.358. The van der Waals surface area contributed by atoms with Crippen molar-refractivity contribution in [3.05, 3.63) is 21.0 Å². The number of carbonyl (C=O) groups excluding carboxylic acids is 1. The third-order valence-electron chi connectivity index (χ3n) is 1.15. The molecule has 1 aromatic rings. The minimum atomic E-state index is 0.358. The van der Waals surface area contributed by atoms with Crippen molar-refractivity contribution in [2.24, 2.45) is 0 Å². The molecule has 48 valence electrons. The second-order valence-electron chi connectivity index (χ2n) is 1.78. The minimum absolute atomic E-state index is 0.358. The van der Waals surface area contributed by atoms with Crippen molar-refractivity contribution in [2.45, 2.75) is 13.3 Å². The van der Waals surface area contributed by atoms with Gasteiger partial charge >= 0.3 is 59.9 Å². The Kier molecular flexibility index (Phi) is 2.26. The van der Waals surface area contributed by atoms with E-state index in [-0.39, 0.29) is 0 Å². The van der Waals surface area contributed by atoms with E-state index < -0.39 is 0 Å². The van der Waals surface area contributed by atoms with Crippen LogP contribution in [0.4, 0.5) is 0 Å². The van der Waals surface area contributed by atoms with Crippen LogP contribution in [0.1, 0.15) is 20.6 Å². The quantitative estimate of drug-likeness (QED) is 0.500. The van der Waals surface area contributed by atoms with Crippen molar-refractivity contribution < 1.29 is 4.79 Å². The van der Waals surface area contributed by atoms with Gasteiger partial charge in [0.1, 0.15) is 0 Å². The van der Waals surface area contributed by atoms with Gasteiger partial charge in [-0.25, -0.2) is 0 Å². The Bertz CT molecular complexity index is 202. The van der Waals surface area contributed by atoms with E-state index in [1.54, 1.807) is 0 Å². The number of hydrogen-bond acceptors (Lipinski definition) is 1. The Morgan fingerprint density at radius 2 is 2.44 bits per heavy atom. The number of carbonyl (C=O) groups is 1. The zero-order valence-corrected chi connectivity index (χ0v) is 6.97. The van der Waals surface area contributed by atoms with Crippen LogP contribution in [0, 0.1) is 0 Å². The van der Waals surface area contributed by atoms with Crippen LogP contribution < -0.4 is 0 Å². The van der Waals surface area contributed by atoms with Gasteiger partial charge in [-0.15, -0.1) is 0 Å². The second-order valence-corrected chi connectivity index (χ2v) is 4.29. The van der Waals surface area contributed by atoms with E-state index in [0.717, 1.165) is 17.1 Å². The molecule has 1 heterocycles. The summed E-state index contributed by atoms with van der Waals surface area (Å²) in [5, 5.41) is 0. The van der Waals surface area contributed by atoms with Gasteiger partial charge in [-0.05, 0) is 0 Å². The first-order chi connectivity index (χ1) is 4.36. The van der Waals surface area contributed by atoms with Gasteiger partial charge in [0.25, 0.3) is 0 Å². The predicted octanol–water partition coefficient (Wildman–Crippen LogP) is 1.12. The van der Waals surface area contributed by atoms with E-state index in [1.165, 1.54) is 4.44 Å². The molecular formula is C7H8OSe. The van der Waals surface area contributed by atoms with Gasteiger partial charge in [-0.1, -0.05) is 0 Å². The summed E-state index contributed by atoms with van der Waals surface area (Å²) in [4.78, 5) is 10.2. The fourth-order valence-corrected chi connectivity index (χ4v) is 2.26. The zero-order valence-electron chi connectivity index (χ0n) is 5.26. The first-order valence-corrected chi connectivity index (χ1v) is 4.62. The van der Waals surface area contributed by atoms with Crippen LogP contribution >= 0.6 is 0 Å². The fraction of sp³-hybridized carbons (Fsp3) is 0.286. The monoisotopic (exact) mass is 188 g/mol. The van der Waals surface area contributed by atoms with E-state index in [1.807, 2.05) is 6.07 Å². The summed E-state index contributed by atoms with van der Waals surface area (Å²) in [6.07, 6.45) is 2.05. The van der Waals surface area contributed by atoms with Crippen molar-refractivity contribution in [1.82, 2.24) is 0 Å². The van der Waals surface area contributed by atoms with Gasteiger partial charge in [0.05, 0.1) is 0 Å². The van der Waals surface area contributed by atoms with Gasteiger partial charge in [0.2, 0.25) is 0 Å². The molecule has 9 heavy (non-hydrogen) atoms. The Hall–Kier alpha value is -0.331. The molecule has 2 heteroatoms. The molecule has 1 aromatic heterocycles. The number of aryl methyl sites for hydroxylation is 1. The predicted molar refractivity (Wildman–Crippen MR) is 38.1 cm³/mol. The third-order valence-corrected chi connectivity index (χ3v) is 3.57. The molecule has 0 N–H and O–H groups in total. The fourth-order valence-electron chi connectivity index (χ4n) is 0.648. The van der Waals surface area contributed by atoms with Crippen LogP contribution in [0.5, 0.6) is 0 Å². The summed E-state index contributed by atoms with van der Waals surface area (Å²) in [5.74, 6) is 0. The Labute approximate surface area is 60.4 Å². The molecule has 0 amide bonds. The number of hydrogen-bond donors (Lipinski definition) is 0. The summed E-state index contributed by atoms with van der Waals surface area (Å²) in [5.41, 5.74) is 0. The van der Waals surface area contributed by atoms with E-state index >= 15 is 0 Å². The van der Waals surface area contributed by atoms with Gasteiger partial charge in [0.15, 0.2) is 0 Å². The zero-order chi connectivity index (χ0) is 6.69. The molecule has 0 aromatic carbocycles. The first kappa shape index (κ1) is 6.78. The summed E-state index contributed by atoms with van der Waals surface area (Å²) in [6, 6.07) is 3.98. The van der Waals surface area contributed by atoms with Gasteiger partial charge in [-0.2, -0.15) is 0 Å². The number of aldehydes is 1. The van der Waals surface area contributed by atoms with Crippen molar-refractivity contribution in [1.29, 1.82) is 0 Å². The molecule has 0 radical (unpaired) electrons. The molecule has 0 atom stereocenters. The molecule has 1 nitrogen and oxygen atoms in total. The average Bonchev–Trinajstić information content (AvgIpc) is 2.34. The molecule has 0 spiro atoms. The van der Waals surface area contributed by atoms with Crippen LogP contribution in [0.3, 0.4) is 0 Å². The van der Waals surface area contributed by atoms with E-state index in [2.05, 4.69) is 13.0 Å². The normalized spacial score (nSPS) is 9.44. The SMILES string of the molecule is CCc1ccc(C=O)[se]1. The maximum absolute atomic E-state index is 10.2. The standard InChI is InChI=1S/C7H8OSe/c1-2-6-3-4-7(5-8)9-6/h3-5H,2H2,1H3. The van der Waals surface area contributed by atoms with Crippen molar-refractivity contribution in [3.8, 4) is 0 Å². The second kappa shape index (κ2) is 3.00. The topological polar surface area (TPSA) is 17.1 Å². The molecule has 0 aliphatic heterocycles. The summed E-state index contributed by atoms with van der Waals surface area (Å²) < 4.78 is 2.39. The third kappa shape index (κ3) is 1.54. The van der Waals surface area contributed by atoms with Crippen LogP contribution in [0.15, 0.2) is 12.1 Å². The Morgan fingerprint density at radius 3 is 2.78 bits per heavy atom. The summed E-state index contributed by atoms with van der Waals surface area (Å²) in [6.45, 7) is 2.12. The molecule has 0 saturated carbocycles. The van der Waals surface area contributed by atoms with E-state index in [0.29, 0.717) is 14.5 Å². The Morgan fingerprint density at radius 1 is 1.67 bits per heavy atom.